The van der Waals surface area contributed by atoms with Gasteiger partial charge >= 0.3 is 5.91 Å². The molecule has 3 aromatic carbocycles. The lowest BCUT2D eigenvalue weighted by Crippen LogP contribution is -2.55. The fourth-order valence-corrected chi connectivity index (χ4v) is 4.06. The zero-order valence-corrected chi connectivity index (χ0v) is 19.8. The fourth-order valence-electron chi connectivity index (χ4n) is 4.06. The Hall–Kier alpha value is -5.12. The van der Waals surface area contributed by atoms with Crippen molar-refractivity contribution < 1.29 is 28.7 Å². The van der Waals surface area contributed by atoms with E-state index in [0.717, 1.165) is 10.5 Å². The van der Waals surface area contributed by atoms with E-state index in [4.69, 9.17) is 4.42 Å². The van der Waals surface area contributed by atoms with Crippen LogP contribution in [0.1, 0.15) is 33.3 Å². The lowest BCUT2D eigenvalue weighted by molar-refractivity contribution is -0.139. The average Bonchev–Trinajstić information content (AvgIpc) is 3.31. The largest absolute Gasteiger partial charge is 0.507 e. The smallest absolute Gasteiger partial charge is 0.302 e. The molecule has 4 aromatic rings. The number of phenolic OH excluding ortho intramolecular Hbond substituents is 1. The molecule has 184 valence electrons. The predicted molar refractivity (Wildman–Crippen MR) is 133 cm³/mol. The average molecular weight is 496 g/mol. The Kier molecular flexibility index (Phi) is 5.84. The Labute approximate surface area is 210 Å². The highest BCUT2D eigenvalue weighted by Crippen LogP contribution is 2.32. The summed E-state index contributed by atoms with van der Waals surface area (Å²) in [6, 6.07) is 17.6. The van der Waals surface area contributed by atoms with Crippen LogP contribution in [0, 0.1) is 13.8 Å². The molecule has 0 unspecified atom stereocenters. The minimum atomic E-state index is -1.58. The van der Waals surface area contributed by atoms with Crippen LogP contribution in [-0.4, -0.2) is 39.3 Å². The van der Waals surface area contributed by atoms with E-state index < -0.39 is 35.1 Å². The van der Waals surface area contributed by atoms with Crippen LogP contribution >= 0.6 is 0 Å². The Balaban J connectivity index is 1.62. The molecule has 0 bridgehead atoms. The molecule has 0 spiro atoms. The van der Waals surface area contributed by atoms with Gasteiger partial charge in [-0.25, -0.2) is 15.3 Å². The van der Waals surface area contributed by atoms with Gasteiger partial charge in [0.25, 0.3) is 11.8 Å². The Morgan fingerprint density at radius 3 is 2.49 bits per heavy atom. The standard InChI is InChI=1S/C27H20N4O6/c1-14-11-12-15(2)18(13-14)31-26(35)22(29-30-24(34)16-7-3-5-9-19(16)32)21(23(33)27(31)36)25-28-17-8-4-6-10-20(17)37-25/h3-13,21,32H,1-2H3,(H,30,34)/b29-22-/t21-/m1/s1. The second-order valence-electron chi connectivity index (χ2n) is 8.51. The molecular weight excluding hydrogens is 476 g/mol. The van der Waals surface area contributed by atoms with E-state index in [1.165, 1.54) is 18.2 Å². The van der Waals surface area contributed by atoms with Gasteiger partial charge in [0.1, 0.15) is 17.0 Å². The number of carbonyl (C=O) groups is 4. The number of imide groups is 1. The Morgan fingerprint density at radius 2 is 1.73 bits per heavy atom. The molecule has 0 saturated carbocycles. The number of hydrogen-bond acceptors (Lipinski definition) is 8. The number of Topliss-reactive ketones (excluding diaryl/α,β-unsaturated/α-hetero) is 1. The number of aromatic hydroxyl groups is 1. The van der Waals surface area contributed by atoms with Gasteiger partial charge in [-0.05, 0) is 55.3 Å². The summed E-state index contributed by atoms with van der Waals surface area (Å²) in [7, 11) is 0. The minimum absolute atomic E-state index is 0.0951. The number of hydrogen-bond donors (Lipinski definition) is 2. The molecule has 5 rings (SSSR count). The summed E-state index contributed by atoms with van der Waals surface area (Å²) >= 11 is 0. The van der Waals surface area contributed by atoms with E-state index in [9.17, 15) is 24.3 Å². The van der Waals surface area contributed by atoms with Crippen LogP contribution in [0.3, 0.4) is 0 Å². The van der Waals surface area contributed by atoms with Crippen molar-refractivity contribution >= 4 is 46.0 Å². The molecule has 0 radical (unpaired) electrons. The first-order valence-electron chi connectivity index (χ1n) is 11.3. The number of rotatable bonds is 4. The molecule has 1 atom stereocenters. The first kappa shape index (κ1) is 23.6. The van der Waals surface area contributed by atoms with Crippen molar-refractivity contribution in [2.45, 2.75) is 19.8 Å². The number of ketones is 1. The third-order valence-corrected chi connectivity index (χ3v) is 5.96. The SMILES string of the molecule is Cc1ccc(C)c(N2C(=O)C(=O)[C@H](c3nc4ccccc4o3)/C(=N/NC(=O)c3ccccc3O)C2=O)c1. The molecule has 1 saturated heterocycles. The van der Waals surface area contributed by atoms with Gasteiger partial charge in [0.05, 0.1) is 11.3 Å². The number of aromatic nitrogens is 1. The number of benzene rings is 3. The topological polar surface area (TPSA) is 142 Å². The van der Waals surface area contributed by atoms with E-state index >= 15 is 0 Å². The number of nitrogens with zero attached hydrogens (tertiary/aromatic N) is 3. The summed E-state index contributed by atoms with van der Waals surface area (Å²) in [6.07, 6.45) is 0. The number of para-hydroxylation sites is 3. The number of aryl methyl sites for hydroxylation is 2. The first-order valence-corrected chi connectivity index (χ1v) is 11.3. The third-order valence-electron chi connectivity index (χ3n) is 5.96. The number of nitrogens with one attached hydrogen (secondary N) is 1. The summed E-state index contributed by atoms with van der Waals surface area (Å²) in [6.45, 7) is 3.48. The first-order chi connectivity index (χ1) is 17.8. The van der Waals surface area contributed by atoms with Crippen LogP contribution in [-0.2, 0) is 14.4 Å². The maximum absolute atomic E-state index is 13.7. The summed E-state index contributed by atoms with van der Waals surface area (Å²) < 4.78 is 5.71. The summed E-state index contributed by atoms with van der Waals surface area (Å²) in [4.78, 5) is 58.1. The maximum atomic E-state index is 13.7. The maximum Gasteiger partial charge on any atom is 0.302 e. The fraction of sp³-hybridized carbons (Fsp3) is 0.111. The van der Waals surface area contributed by atoms with Crippen molar-refractivity contribution in [1.82, 2.24) is 10.4 Å². The summed E-state index contributed by atoms with van der Waals surface area (Å²) in [5.74, 6) is -5.89. The van der Waals surface area contributed by atoms with Crippen LogP contribution in [0.25, 0.3) is 11.1 Å². The van der Waals surface area contributed by atoms with Crippen molar-refractivity contribution in [3.8, 4) is 5.75 Å². The number of amides is 3. The van der Waals surface area contributed by atoms with Crippen molar-refractivity contribution in [1.29, 1.82) is 0 Å². The van der Waals surface area contributed by atoms with Crippen LogP contribution < -0.4 is 10.3 Å². The number of fused-ring (bicyclic) bond motifs is 1. The molecule has 3 amide bonds. The zero-order valence-electron chi connectivity index (χ0n) is 19.8. The highest BCUT2D eigenvalue weighted by Gasteiger charge is 2.49. The number of hydrazone groups is 1. The minimum Gasteiger partial charge on any atom is -0.507 e. The van der Waals surface area contributed by atoms with Gasteiger partial charge in [0, 0.05) is 0 Å². The van der Waals surface area contributed by atoms with Crippen LogP contribution in [0.2, 0.25) is 0 Å². The lowest BCUT2D eigenvalue weighted by atomic mass is 9.90. The van der Waals surface area contributed by atoms with Crippen LogP contribution in [0.4, 0.5) is 5.69 Å². The molecule has 2 N–H and O–H groups in total. The van der Waals surface area contributed by atoms with E-state index in [1.807, 2.05) is 6.07 Å². The quantitative estimate of drug-likeness (QED) is 0.251. The van der Waals surface area contributed by atoms with Crippen molar-refractivity contribution in [2.75, 3.05) is 4.90 Å². The Bertz CT molecular complexity index is 1600. The van der Waals surface area contributed by atoms with Gasteiger partial charge in [-0.3, -0.25) is 19.2 Å². The third kappa shape index (κ3) is 4.14. The van der Waals surface area contributed by atoms with E-state index in [0.29, 0.717) is 16.7 Å². The zero-order chi connectivity index (χ0) is 26.3. The number of carbonyl (C=O) groups excluding carboxylic acids is 4. The van der Waals surface area contributed by atoms with Gasteiger partial charge in [-0.1, -0.05) is 36.4 Å². The molecule has 10 heteroatoms. The number of piperidine rings is 1. The summed E-state index contributed by atoms with van der Waals surface area (Å²) in [5.41, 5.74) is 3.99. The molecule has 1 aliphatic heterocycles. The summed E-state index contributed by atoms with van der Waals surface area (Å²) in [5, 5.41) is 14.0. The van der Waals surface area contributed by atoms with Gasteiger partial charge in [0.15, 0.2) is 11.5 Å². The highest BCUT2D eigenvalue weighted by molar-refractivity contribution is 6.67. The Morgan fingerprint density at radius 1 is 1.00 bits per heavy atom. The lowest BCUT2D eigenvalue weighted by Gasteiger charge is -2.29. The molecule has 1 fully saturated rings. The van der Waals surface area contributed by atoms with E-state index in [1.54, 1.807) is 56.3 Å². The van der Waals surface area contributed by atoms with E-state index in [2.05, 4.69) is 15.5 Å². The second kappa shape index (κ2) is 9.15. The van der Waals surface area contributed by atoms with Gasteiger partial charge in [-0.2, -0.15) is 5.10 Å². The van der Waals surface area contributed by atoms with Gasteiger partial charge in [0.2, 0.25) is 11.7 Å². The molecule has 1 aliphatic rings. The van der Waals surface area contributed by atoms with Crippen LogP contribution in [0.15, 0.2) is 76.2 Å². The molecular formula is C27H20N4O6. The normalized spacial score (nSPS) is 17.0. The second-order valence-corrected chi connectivity index (χ2v) is 8.51. The number of anilines is 1. The predicted octanol–water partition coefficient (Wildman–Crippen LogP) is 3.16. The monoisotopic (exact) mass is 496 g/mol. The van der Waals surface area contributed by atoms with Gasteiger partial charge < -0.3 is 9.52 Å². The molecule has 2 heterocycles. The highest BCUT2D eigenvalue weighted by atomic mass is 16.3. The van der Waals surface area contributed by atoms with E-state index in [-0.39, 0.29) is 22.9 Å². The molecule has 1 aromatic heterocycles. The molecule has 10 nitrogen and oxygen atoms in total. The van der Waals surface area contributed by atoms with Crippen molar-refractivity contribution in [3.05, 3.63) is 89.3 Å². The van der Waals surface area contributed by atoms with Crippen molar-refractivity contribution in [2.24, 2.45) is 5.10 Å². The van der Waals surface area contributed by atoms with Gasteiger partial charge in [-0.15, -0.1) is 0 Å². The van der Waals surface area contributed by atoms with Crippen molar-refractivity contribution in [3.63, 3.8) is 0 Å². The molecule has 37 heavy (non-hydrogen) atoms. The van der Waals surface area contributed by atoms with Crippen LogP contribution in [0.5, 0.6) is 5.75 Å². The number of phenols is 1. The number of oxazole rings is 1. The molecule has 0 aliphatic carbocycles.